The minimum atomic E-state index is 0.941. The van der Waals surface area contributed by atoms with E-state index in [9.17, 15) is 0 Å². The predicted molar refractivity (Wildman–Crippen MR) is 136 cm³/mol. The minimum absolute atomic E-state index is 0.941. The van der Waals surface area contributed by atoms with Gasteiger partial charge in [0.15, 0.2) is 0 Å². The molecule has 0 spiro atoms. The second-order valence-corrected chi connectivity index (χ2v) is 8.51. The van der Waals surface area contributed by atoms with E-state index in [-0.39, 0.29) is 0 Å². The third kappa shape index (κ3) is 3.18. The summed E-state index contributed by atoms with van der Waals surface area (Å²) in [5.41, 5.74) is 9.57. The van der Waals surface area contributed by atoms with Crippen molar-refractivity contribution in [2.45, 2.75) is 13.0 Å². The molecule has 0 unspecified atom stereocenters. The summed E-state index contributed by atoms with van der Waals surface area (Å²) in [5.74, 6) is 0. The van der Waals surface area contributed by atoms with E-state index in [1.807, 2.05) is 0 Å². The van der Waals surface area contributed by atoms with E-state index in [1.165, 1.54) is 49.8 Å². The third-order valence-electron chi connectivity index (χ3n) is 6.58. The molecule has 1 aliphatic rings. The SMILES string of the molecule is c1ccc(CN2CCc3c(-c4ccccc4)c(-c4ccccc4)c4ccccc4c32)cc1. The fourth-order valence-electron chi connectivity index (χ4n) is 5.23. The molecule has 0 N–H and O–H groups in total. The normalized spacial score (nSPS) is 12.8. The van der Waals surface area contributed by atoms with Gasteiger partial charge in [-0.1, -0.05) is 115 Å². The van der Waals surface area contributed by atoms with Crippen molar-refractivity contribution < 1.29 is 0 Å². The van der Waals surface area contributed by atoms with Gasteiger partial charge in [-0.05, 0) is 45.2 Å². The molecule has 5 aromatic rings. The Morgan fingerprint density at radius 1 is 0.531 bits per heavy atom. The molecule has 1 nitrogen and oxygen atoms in total. The lowest BCUT2D eigenvalue weighted by Crippen LogP contribution is -2.19. The van der Waals surface area contributed by atoms with Crippen molar-refractivity contribution >= 4 is 16.5 Å². The molecule has 32 heavy (non-hydrogen) atoms. The van der Waals surface area contributed by atoms with E-state index in [4.69, 9.17) is 0 Å². The zero-order valence-electron chi connectivity index (χ0n) is 18.0. The van der Waals surface area contributed by atoms with Crippen LogP contribution < -0.4 is 4.90 Å². The molecular weight excluding hydrogens is 386 g/mol. The van der Waals surface area contributed by atoms with Crippen LogP contribution in [0.2, 0.25) is 0 Å². The molecule has 0 radical (unpaired) electrons. The molecule has 1 heterocycles. The highest BCUT2D eigenvalue weighted by atomic mass is 15.1. The summed E-state index contributed by atoms with van der Waals surface area (Å²) in [6, 6.07) is 41.6. The van der Waals surface area contributed by atoms with Crippen LogP contribution in [0.3, 0.4) is 0 Å². The number of hydrogen-bond acceptors (Lipinski definition) is 1. The zero-order chi connectivity index (χ0) is 21.3. The van der Waals surface area contributed by atoms with Crippen LogP contribution in [0.15, 0.2) is 115 Å². The van der Waals surface area contributed by atoms with Gasteiger partial charge in [-0.15, -0.1) is 0 Å². The van der Waals surface area contributed by atoms with Crippen LogP contribution >= 0.6 is 0 Å². The Morgan fingerprint density at radius 2 is 1.06 bits per heavy atom. The Hall–Kier alpha value is -3.84. The van der Waals surface area contributed by atoms with E-state index in [1.54, 1.807) is 0 Å². The fourth-order valence-corrected chi connectivity index (χ4v) is 5.23. The Labute approximate surface area is 189 Å². The maximum atomic E-state index is 2.58. The van der Waals surface area contributed by atoms with E-state index in [2.05, 4.69) is 120 Å². The first-order valence-electron chi connectivity index (χ1n) is 11.4. The molecule has 0 bridgehead atoms. The molecule has 0 fully saturated rings. The van der Waals surface area contributed by atoms with Crippen LogP contribution in [0.4, 0.5) is 5.69 Å². The smallest absolute Gasteiger partial charge is 0.0488 e. The number of rotatable bonds is 4. The zero-order valence-corrected chi connectivity index (χ0v) is 18.0. The molecule has 154 valence electrons. The first kappa shape index (κ1) is 18.9. The second-order valence-electron chi connectivity index (χ2n) is 8.51. The van der Waals surface area contributed by atoms with Gasteiger partial charge < -0.3 is 4.90 Å². The maximum absolute atomic E-state index is 2.58. The van der Waals surface area contributed by atoms with Crippen LogP contribution in [0.5, 0.6) is 0 Å². The molecule has 0 saturated carbocycles. The lowest BCUT2D eigenvalue weighted by molar-refractivity contribution is 0.838. The van der Waals surface area contributed by atoms with Crippen molar-refractivity contribution in [2.75, 3.05) is 11.4 Å². The lowest BCUT2D eigenvalue weighted by atomic mass is 9.85. The van der Waals surface area contributed by atoms with Gasteiger partial charge in [0.2, 0.25) is 0 Å². The van der Waals surface area contributed by atoms with E-state index in [0.717, 1.165) is 19.5 Å². The third-order valence-corrected chi connectivity index (χ3v) is 6.58. The molecule has 0 aliphatic carbocycles. The van der Waals surface area contributed by atoms with Gasteiger partial charge in [0.25, 0.3) is 0 Å². The lowest BCUT2D eigenvalue weighted by Gasteiger charge is -2.25. The monoisotopic (exact) mass is 411 g/mol. The van der Waals surface area contributed by atoms with Crippen molar-refractivity contribution in [3.63, 3.8) is 0 Å². The van der Waals surface area contributed by atoms with Gasteiger partial charge in [-0.3, -0.25) is 0 Å². The Morgan fingerprint density at radius 3 is 1.72 bits per heavy atom. The summed E-state index contributed by atoms with van der Waals surface area (Å²) in [5, 5.41) is 2.69. The van der Waals surface area contributed by atoms with Gasteiger partial charge in [-0.2, -0.15) is 0 Å². The average molecular weight is 412 g/mol. The van der Waals surface area contributed by atoms with Gasteiger partial charge in [0.1, 0.15) is 0 Å². The Balaban J connectivity index is 1.66. The molecule has 0 aromatic heterocycles. The summed E-state index contributed by atoms with van der Waals surface area (Å²) in [6.45, 7) is 1.99. The molecule has 6 rings (SSSR count). The Bertz CT molecular complexity index is 1370. The molecular formula is C31H25N. The summed E-state index contributed by atoms with van der Waals surface area (Å²) >= 11 is 0. The van der Waals surface area contributed by atoms with Gasteiger partial charge in [0.05, 0.1) is 0 Å². The van der Waals surface area contributed by atoms with Crippen LogP contribution in [-0.4, -0.2) is 6.54 Å². The summed E-state index contributed by atoms with van der Waals surface area (Å²) in [4.78, 5) is 2.58. The van der Waals surface area contributed by atoms with Crippen molar-refractivity contribution in [2.24, 2.45) is 0 Å². The van der Waals surface area contributed by atoms with E-state index in [0.29, 0.717) is 0 Å². The van der Waals surface area contributed by atoms with E-state index >= 15 is 0 Å². The van der Waals surface area contributed by atoms with Crippen molar-refractivity contribution in [3.05, 3.63) is 126 Å². The topological polar surface area (TPSA) is 3.24 Å². The largest absolute Gasteiger partial charge is 0.366 e. The van der Waals surface area contributed by atoms with Gasteiger partial charge >= 0.3 is 0 Å². The van der Waals surface area contributed by atoms with Crippen LogP contribution in [0.25, 0.3) is 33.0 Å². The van der Waals surface area contributed by atoms with Gasteiger partial charge in [0, 0.05) is 24.2 Å². The highest BCUT2D eigenvalue weighted by Gasteiger charge is 2.28. The number of anilines is 1. The molecule has 1 aliphatic heterocycles. The standard InChI is InChI=1S/C31H25N/c1-4-12-23(13-5-1)22-32-21-20-28-30(25-16-8-3-9-17-25)29(24-14-6-2-7-15-24)26-18-10-11-19-27(26)31(28)32/h1-19H,20-22H2. The maximum Gasteiger partial charge on any atom is 0.0488 e. The van der Waals surface area contributed by atoms with Crippen LogP contribution in [0, 0.1) is 0 Å². The predicted octanol–water partition coefficient (Wildman–Crippen LogP) is 7.74. The van der Waals surface area contributed by atoms with Gasteiger partial charge in [-0.25, -0.2) is 0 Å². The summed E-state index contributed by atoms with van der Waals surface area (Å²) in [7, 11) is 0. The first-order chi connectivity index (χ1) is 15.9. The van der Waals surface area contributed by atoms with E-state index < -0.39 is 0 Å². The van der Waals surface area contributed by atoms with Crippen molar-refractivity contribution in [1.29, 1.82) is 0 Å². The molecule has 0 amide bonds. The highest BCUT2D eigenvalue weighted by molar-refractivity contribution is 6.12. The number of benzene rings is 5. The molecule has 1 heteroatoms. The molecule has 0 saturated heterocycles. The van der Waals surface area contributed by atoms with Crippen LogP contribution in [-0.2, 0) is 13.0 Å². The Kier molecular flexibility index (Phi) is 4.73. The quantitative estimate of drug-likeness (QED) is 0.292. The first-order valence-corrected chi connectivity index (χ1v) is 11.4. The minimum Gasteiger partial charge on any atom is -0.366 e. The second kappa shape index (κ2) is 8.01. The molecule has 5 aromatic carbocycles. The number of hydrogen-bond donors (Lipinski definition) is 0. The molecule has 0 atom stereocenters. The van der Waals surface area contributed by atoms with Crippen LogP contribution in [0.1, 0.15) is 11.1 Å². The van der Waals surface area contributed by atoms with Crippen molar-refractivity contribution in [1.82, 2.24) is 0 Å². The highest BCUT2D eigenvalue weighted by Crippen LogP contribution is 2.49. The average Bonchev–Trinajstić information content (AvgIpc) is 3.28. The fraction of sp³-hybridized carbons (Fsp3) is 0.0968. The number of nitrogens with zero attached hydrogens (tertiary/aromatic N) is 1. The summed E-state index contributed by atoms with van der Waals surface area (Å²) in [6.07, 6.45) is 1.07. The summed E-state index contributed by atoms with van der Waals surface area (Å²) < 4.78 is 0. The number of fused-ring (bicyclic) bond motifs is 3. The van der Waals surface area contributed by atoms with Crippen molar-refractivity contribution in [3.8, 4) is 22.3 Å².